The van der Waals surface area contributed by atoms with Gasteiger partial charge in [-0.15, -0.1) is 11.3 Å². The number of fused-ring (bicyclic) bond motifs is 1. The van der Waals surface area contributed by atoms with Crippen LogP contribution in [0.4, 0.5) is 35.2 Å². The minimum Gasteiger partial charge on any atom is -0.391 e. The highest BCUT2D eigenvalue weighted by Gasteiger charge is 2.44. The van der Waals surface area contributed by atoms with Crippen LogP contribution in [0.25, 0.3) is 32.5 Å². The maximum Gasteiger partial charge on any atom is 0.416 e. The lowest BCUT2D eigenvalue weighted by molar-refractivity contribution is -0.144. The first-order valence-corrected chi connectivity index (χ1v) is 30.2. The molecule has 9 rings (SSSR count). The molecule has 2 aliphatic rings. The van der Waals surface area contributed by atoms with Gasteiger partial charge in [0.25, 0.3) is 5.91 Å². The van der Waals surface area contributed by atoms with E-state index in [9.17, 15) is 47.0 Å². The molecule has 87 heavy (non-hydrogen) atoms. The van der Waals surface area contributed by atoms with E-state index in [1.165, 1.54) is 28.6 Å². The zero-order valence-corrected chi connectivity index (χ0v) is 50.2. The molecule has 20 nitrogen and oxygen atoms in total. The highest BCUT2D eigenvalue weighted by atomic mass is 32.1. The number of β-amino-alcohol motifs (C(OH)–C–C–N with tert-alkyl or cyclic N) is 1. The van der Waals surface area contributed by atoms with E-state index >= 15 is 0 Å². The number of aromatic amines is 1. The first-order valence-electron chi connectivity index (χ1n) is 29.3. The molecule has 0 unspecified atom stereocenters. The number of alkyl halides is 3. The van der Waals surface area contributed by atoms with Gasteiger partial charge in [0.2, 0.25) is 23.6 Å². The number of anilines is 3. The first-order chi connectivity index (χ1) is 41.6. The molecule has 7 aromatic rings. The van der Waals surface area contributed by atoms with E-state index in [1.54, 1.807) is 46.8 Å². The molecule has 3 atom stereocenters. The maximum absolute atomic E-state index is 14.1. The molecular weight excluding hydrogens is 1140 g/mol. The van der Waals surface area contributed by atoms with E-state index in [2.05, 4.69) is 51.8 Å². The van der Waals surface area contributed by atoms with Gasteiger partial charge in [-0.1, -0.05) is 82.9 Å². The van der Waals surface area contributed by atoms with Crippen molar-refractivity contribution in [3.05, 3.63) is 131 Å². The number of nitrogens with one attached hydrogen (secondary N) is 6. The van der Waals surface area contributed by atoms with Gasteiger partial charge < -0.3 is 46.4 Å². The van der Waals surface area contributed by atoms with Gasteiger partial charge in [0.1, 0.15) is 18.6 Å². The van der Waals surface area contributed by atoms with Crippen LogP contribution in [0.2, 0.25) is 0 Å². The van der Waals surface area contributed by atoms with Gasteiger partial charge in [0.15, 0.2) is 5.82 Å². The Morgan fingerprint density at radius 1 is 0.793 bits per heavy atom. The molecule has 3 aromatic heterocycles. The third-order valence-electron chi connectivity index (χ3n) is 15.8. The van der Waals surface area contributed by atoms with Crippen LogP contribution in [-0.2, 0) is 38.4 Å². The van der Waals surface area contributed by atoms with E-state index in [1.807, 2.05) is 81.7 Å². The lowest BCUT2D eigenvalue weighted by Gasteiger charge is -2.36. The summed E-state index contributed by atoms with van der Waals surface area (Å²) in [4.78, 5) is 90.7. The van der Waals surface area contributed by atoms with Gasteiger partial charge in [0.05, 0.1) is 39.5 Å². The number of likely N-dealkylation sites (tertiary alicyclic amines) is 1. The van der Waals surface area contributed by atoms with Gasteiger partial charge >= 0.3 is 12.2 Å². The molecule has 0 aliphatic carbocycles. The number of hydrogen-bond donors (Lipinski definition) is 7. The number of amides is 7. The van der Waals surface area contributed by atoms with Crippen LogP contribution < -0.4 is 31.5 Å². The number of aryl methyl sites for hydroxylation is 2. The number of carbonyl (C=O) groups excluding carboxylic acids is 6. The summed E-state index contributed by atoms with van der Waals surface area (Å²) >= 11 is 1.57. The lowest BCUT2D eigenvalue weighted by atomic mass is 9.85. The molecule has 5 heterocycles. The van der Waals surface area contributed by atoms with E-state index in [4.69, 9.17) is 0 Å². The third kappa shape index (κ3) is 16.3. The summed E-state index contributed by atoms with van der Waals surface area (Å²) in [6.45, 7) is 11.8. The van der Waals surface area contributed by atoms with Crippen molar-refractivity contribution >= 4 is 75.0 Å². The number of nitrogens with zero attached hydrogens (tertiary/aromatic N) is 7. The van der Waals surface area contributed by atoms with Crippen LogP contribution in [0.1, 0.15) is 105 Å². The Balaban J connectivity index is 0.632. The summed E-state index contributed by atoms with van der Waals surface area (Å²) in [6, 6.07) is 22.4. The number of thiazole rings is 1. The SMILES string of the molecule is Cc1ccc(NC(=O)Cn2cc(-c3ccc4c(NC(=O)c5ccc(N6CCN(C(=O)NCCCCCCCCC(=O)N[C@H](C(=O)N7C[C@H](O)C[C@H]7C(=O)NCc7ccc(-c8scnc8C)cc7)C(C)(C)C)CC6)cc5)n[nH]c4c3)cn2)cc1C(F)(F)F. The second-order valence-electron chi connectivity index (χ2n) is 23.4. The number of halogens is 3. The molecule has 460 valence electrons. The number of rotatable bonds is 22. The number of aliphatic hydroxyl groups excluding tert-OH is 1. The molecular formula is C63H74F3N13O7S. The highest BCUT2D eigenvalue weighted by molar-refractivity contribution is 7.13. The molecule has 7 N–H and O–H groups in total. The number of urea groups is 1. The zero-order chi connectivity index (χ0) is 62.0. The summed E-state index contributed by atoms with van der Waals surface area (Å²) < 4.78 is 41.5. The summed E-state index contributed by atoms with van der Waals surface area (Å²) in [6.07, 6.45) is 3.28. The quantitative estimate of drug-likeness (QED) is 0.0315. The van der Waals surface area contributed by atoms with Crippen molar-refractivity contribution in [3.8, 4) is 21.6 Å². The standard InChI is InChI=1S/C63H74F3N13O7S/c1-39-13-21-46(31-50(39)63(64,65)66)71-54(82)37-78-35-45(34-70-78)44-20-24-49-51(30-44)74-75-57(49)73-58(83)43-18-22-47(23-19-43)76-26-28-77(29-27-76)61(86)67-25-11-9-7-6-8-10-12-53(81)72-56(62(3,4)5)60(85)79-36-48(80)32-52(79)59(84)68-33-41-14-16-42(17-15-41)55-40(2)69-38-87-55/h13-24,30-31,34-35,38,48,52,56,80H,6-12,25-29,32-33,36-37H2,1-5H3,(H,67,86)(H,68,84)(H,71,82)(H,72,81)(H2,73,74,75,83)/t48-,52+,56-/m1/s1. The predicted molar refractivity (Wildman–Crippen MR) is 328 cm³/mol. The minimum atomic E-state index is -4.55. The normalized spacial score (nSPS) is 15.8. The van der Waals surface area contributed by atoms with E-state index < -0.39 is 47.2 Å². The van der Waals surface area contributed by atoms with Crippen LogP contribution in [0.15, 0.2) is 103 Å². The fourth-order valence-corrected chi connectivity index (χ4v) is 11.7. The Hall–Kier alpha value is -8.64. The molecule has 2 fully saturated rings. The molecule has 2 aliphatic heterocycles. The average molecular weight is 1210 g/mol. The van der Waals surface area contributed by atoms with Crippen LogP contribution in [0, 0.1) is 19.3 Å². The second kappa shape index (κ2) is 27.8. The number of carbonyl (C=O) groups is 6. The van der Waals surface area contributed by atoms with Crippen LogP contribution in [0.3, 0.4) is 0 Å². The van der Waals surface area contributed by atoms with Crippen molar-refractivity contribution in [1.82, 2.24) is 50.7 Å². The summed E-state index contributed by atoms with van der Waals surface area (Å²) in [7, 11) is 0. The molecule has 24 heteroatoms. The first kappa shape index (κ1) is 62.9. The fourth-order valence-electron chi connectivity index (χ4n) is 10.9. The van der Waals surface area contributed by atoms with E-state index in [-0.39, 0.29) is 67.5 Å². The van der Waals surface area contributed by atoms with Crippen LogP contribution >= 0.6 is 11.3 Å². The number of benzene rings is 4. The van der Waals surface area contributed by atoms with Crippen molar-refractivity contribution in [2.45, 2.75) is 123 Å². The number of aliphatic hydroxyl groups is 1. The largest absolute Gasteiger partial charge is 0.416 e. The maximum atomic E-state index is 14.1. The lowest BCUT2D eigenvalue weighted by Crippen LogP contribution is -2.57. The fraction of sp³-hybridized carbons (Fsp3) is 0.413. The molecule has 0 spiro atoms. The van der Waals surface area contributed by atoms with Gasteiger partial charge in [-0.2, -0.15) is 23.4 Å². The number of unbranched alkanes of at least 4 members (excludes halogenated alkanes) is 5. The minimum absolute atomic E-state index is 0.00430. The topological polar surface area (TPSA) is 252 Å². The number of H-pyrrole nitrogens is 1. The predicted octanol–water partition coefficient (Wildman–Crippen LogP) is 9.45. The second-order valence-corrected chi connectivity index (χ2v) is 24.2. The number of aromatic nitrogens is 5. The van der Waals surface area contributed by atoms with Crippen LogP contribution in [0.5, 0.6) is 0 Å². The Labute approximate surface area is 506 Å². The van der Waals surface area contributed by atoms with Crippen molar-refractivity contribution in [2.24, 2.45) is 5.41 Å². The molecule has 4 aromatic carbocycles. The highest BCUT2D eigenvalue weighted by Crippen LogP contribution is 2.34. The van der Waals surface area contributed by atoms with Crippen molar-refractivity contribution in [3.63, 3.8) is 0 Å². The monoisotopic (exact) mass is 1210 g/mol. The summed E-state index contributed by atoms with van der Waals surface area (Å²) in [5.41, 5.74) is 6.77. The van der Waals surface area contributed by atoms with E-state index in [0.29, 0.717) is 67.0 Å². The third-order valence-corrected chi connectivity index (χ3v) is 16.8. The zero-order valence-electron chi connectivity index (χ0n) is 49.4. The molecule has 0 bridgehead atoms. The Kier molecular flexibility index (Phi) is 20.1. The van der Waals surface area contributed by atoms with Gasteiger partial charge in [-0.25, -0.2) is 9.78 Å². The summed E-state index contributed by atoms with van der Waals surface area (Å²) in [5.74, 6) is -1.54. The average Bonchev–Trinajstić information content (AvgIpc) is 2.17. The molecule has 7 amide bonds. The summed E-state index contributed by atoms with van der Waals surface area (Å²) in [5, 5.41) is 37.2. The van der Waals surface area contributed by atoms with Crippen molar-refractivity contribution < 1.29 is 47.0 Å². The molecule has 0 saturated carbocycles. The van der Waals surface area contributed by atoms with Crippen molar-refractivity contribution in [1.29, 1.82) is 0 Å². The van der Waals surface area contributed by atoms with Gasteiger partial charge in [-0.05, 0) is 103 Å². The number of hydrogen-bond acceptors (Lipinski definition) is 12. The van der Waals surface area contributed by atoms with Crippen molar-refractivity contribution in [2.75, 3.05) is 54.8 Å². The Morgan fingerprint density at radius 2 is 1.51 bits per heavy atom. The Morgan fingerprint density at radius 3 is 2.21 bits per heavy atom. The smallest absolute Gasteiger partial charge is 0.391 e. The Bertz CT molecular complexity index is 3570. The van der Waals surface area contributed by atoms with Gasteiger partial charge in [-0.3, -0.25) is 33.8 Å². The van der Waals surface area contributed by atoms with E-state index in [0.717, 1.165) is 71.1 Å². The molecule has 0 radical (unpaired) electrons. The number of piperazine rings is 1. The molecule has 2 saturated heterocycles. The van der Waals surface area contributed by atoms with Gasteiger partial charge in [0, 0.05) is 92.7 Å². The van der Waals surface area contributed by atoms with Crippen LogP contribution in [-0.4, -0.2) is 133 Å².